The number of nitrogens with one attached hydrogen (secondary N) is 3. The fourth-order valence-corrected chi connectivity index (χ4v) is 3.47. The second-order valence-corrected chi connectivity index (χ2v) is 7.08. The zero-order chi connectivity index (χ0) is 20.5. The number of rotatable bonds is 3. The van der Waals surface area contributed by atoms with Gasteiger partial charge in [0.05, 0.1) is 24.4 Å². The molecule has 5 rings (SSSR count). The van der Waals surface area contributed by atoms with Crippen LogP contribution in [0.1, 0.15) is 5.56 Å². The van der Waals surface area contributed by atoms with Crippen LogP contribution in [0.15, 0.2) is 36.5 Å². The number of urea groups is 1. The van der Waals surface area contributed by atoms with Gasteiger partial charge in [0.15, 0.2) is 0 Å². The van der Waals surface area contributed by atoms with E-state index in [2.05, 4.69) is 36.0 Å². The quantitative estimate of drug-likeness (QED) is 0.480. The molecule has 0 bridgehead atoms. The number of nitrogens with zero attached hydrogens (tertiary/aromatic N) is 5. The number of aryl methyl sites for hydroxylation is 1. The van der Waals surface area contributed by atoms with Gasteiger partial charge in [0.1, 0.15) is 11.0 Å². The number of H-pyrrole nitrogens is 1. The number of para-hydroxylation sites is 1. The Morgan fingerprint density at radius 3 is 2.90 bits per heavy atom. The lowest BCUT2D eigenvalue weighted by Gasteiger charge is -2.27. The first kappa shape index (κ1) is 18.3. The van der Waals surface area contributed by atoms with Crippen molar-refractivity contribution < 1.29 is 9.53 Å². The predicted molar refractivity (Wildman–Crippen MR) is 113 cm³/mol. The molecule has 10 nitrogen and oxygen atoms in total. The van der Waals surface area contributed by atoms with Gasteiger partial charge in [0, 0.05) is 30.4 Å². The maximum Gasteiger partial charge on any atom is 0.322 e. The molecule has 1 saturated heterocycles. The molecule has 3 N–H and O–H groups in total. The first-order valence-corrected chi connectivity index (χ1v) is 9.65. The van der Waals surface area contributed by atoms with Crippen molar-refractivity contribution in [2.75, 3.05) is 36.9 Å². The summed E-state index contributed by atoms with van der Waals surface area (Å²) in [4.78, 5) is 23.4. The number of benzene rings is 2. The van der Waals surface area contributed by atoms with E-state index in [1.165, 1.54) is 0 Å². The third-order valence-corrected chi connectivity index (χ3v) is 5.03. The maximum atomic E-state index is 12.6. The molecular formula is C20H20N8O2. The lowest BCUT2D eigenvalue weighted by molar-refractivity contribution is 0.0565. The van der Waals surface area contributed by atoms with Crippen LogP contribution in [0.5, 0.6) is 0 Å². The van der Waals surface area contributed by atoms with E-state index >= 15 is 0 Å². The minimum atomic E-state index is -0.197. The molecule has 2 amide bonds. The molecule has 3 heterocycles. The van der Waals surface area contributed by atoms with Gasteiger partial charge >= 0.3 is 6.03 Å². The van der Waals surface area contributed by atoms with E-state index in [1.54, 1.807) is 17.2 Å². The van der Waals surface area contributed by atoms with Gasteiger partial charge in [-0.1, -0.05) is 18.2 Å². The molecule has 2 aromatic heterocycles. The number of hydrogen-bond donors (Lipinski definition) is 3. The molecule has 0 radical (unpaired) electrons. The Morgan fingerprint density at radius 2 is 2.03 bits per heavy atom. The van der Waals surface area contributed by atoms with Gasteiger partial charge in [-0.2, -0.15) is 15.4 Å². The van der Waals surface area contributed by atoms with E-state index in [0.29, 0.717) is 54.7 Å². The monoisotopic (exact) mass is 404 g/mol. The summed E-state index contributed by atoms with van der Waals surface area (Å²) in [6.45, 7) is 4.19. The van der Waals surface area contributed by atoms with E-state index in [4.69, 9.17) is 4.74 Å². The Bertz CT molecular complexity index is 1230. The van der Waals surface area contributed by atoms with Crippen LogP contribution in [-0.2, 0) is 4.74 Å². The van der Waals surface area contributed by atoms with Gasteiger partial charge in [0.2, 0.25) is 5.95 Å². The molecule has 4 aromatic rings. The number of carbonyl (C=O) groups is 1. The number of aromatic amines is 1. The van der Waals surface area contributed by atoms with Gasteiger partial charge in [-0.25, -0.2) is 14.8 Å². The van der Waals surface area contributed by atoms with Gasteiger partial charge in [-0.05, 0) is 24.6 Å². The minimum absolute atomic E-state index is 0.197. The Balaban J connectivity index is 1.45. The van der Waals surface area contributed by atoms with E-state index < -0.39 is 0 Å². The highest BCUT2D eigenvalue weighted by Crippen LogP contribution is 2.27. The SMILES string of the molecule is Cc1cccc2cnc(Nc3cc(NC(=O)N4CCOCC4)c4n[nH]nc4c3)nc12. The van der Waals surface area contributed by atoms with Crippen LogP contribution in [0.3, 0.4) is 0 Å². The predicted octanol–water partition coefficient (Wildman–Crippen LogP) is 2.82. The molecule has 1 aliphatic rings. The number of aromatic nitrogens is 5. The summed E-state index contributed by atoms with van der Waals surface area (Å²) in [5.74, 6) is 0.463. The molecule has 0 aliphatic carbocycles. The average molecular weight is 404 g/mol. The number of amides is 2. The van der Waals surface area contributed by atoms with Crippen LogP contribution in [0.4, 0.5) is 22.1 Å². The van der Waals surface area contributed by atoms with Gasteiger partial charge in [0.25, 0.3) is 0 Å². The molecule has 1 aliphatic heterocycles. The number of morpholine rings is 1. The van der Waals surface area contributed by atoms with Crippen LogP contribution in [0.2, 0.25) is 0 Å². The fourth-order valence-electron chi connectivity index (χ4n) is 3.47. The second kappa shape index (κ2) is 7.56. The lowest BCUT2D eigenvalue weighted by Crippen LogP contribution is -2.43. The summed E-state index contributed by atoms with van der Waals surface area (Å²) in [5.41, 5.74) is 4.41. The molecule has 0 unspecified atom stereocenters. The van der Waals surface area contributed by atoms with Crippen LogP contribution in [-0.4, -0.2) is 62.6 Å². The molecule has 0 spiro atoms. The Morgan fingerprint density at radius 1 is 1.17 bits per heavy atom. The number of carbonyl (C=O) groups excluding carboxylic acids is 1. The summed E-state index contributed by atoms with van der Waals surface area (Å²) in [6.07, 6.45) is 1.79. The van der Waals surface area contributed by atoms with Gasteiger partial charge in [-0.15, -0.1) is 0 Å². The molecule has 10 heteroatoms. The number of anilines is 3. The van der Waals surface area contributed by atoms with E-state index in [9.17, 15) is 4.79 Å². The smallest absolute Gasteiger partial charge is 0.322 e. The average Bonchev–Trinajstić information content (AvgIpc) is 3.24. The summed E-state index contributed by atoms with van der Waals surface area (Å²) in [5, 5.41) is 18.1. The van der Waals surface area contributed by atoms with Crippen LogP contribution < -0.4 is 10.6 Å². The third-order valence-electron chi connectivity index (χ3n) is 5.03. The standard InChI is InChI=1S/C20H20N8O2/c1-12-3-2-4-13-11-21-19(24-17(12)13)22-14-9-15(18-16(10-14)25-27-26-18)23-20(29)28-5-7-30-8-6-28/h2-4,9-11H,5-8H2,1H3,(H,23,29)(H,21,22,24)(H,25,26,27). The van der Waals surface area contributed by atoms with Crippen molar-refractivity contribution in [3.8, 4) is 0 Å². The largest absolute Gasteiger partial charge is 0.378 e. The van der Waals surface area contributed by atoms with E-state index in [-0.39, 0.29) is 6.03 Å². The summed E-state index contributed by atoms with van der Waals surface area (Å²) < 4.78 is 5.31. The van der Waals surface area contributed by atoms with Crippen molar-refractivity contribution in [2.24, 2.45) is 0 Å². The van der Waals surface area contributed by atoms with Crippen molar-refractivity contribution >= 4 is 45.3 Å². The molecule has 0 atom stereocenters. The van der Waals surface area contributed by atoms with Crippen molar-refractivity contribution in [3.63, 3.8) is 0 Å². The minimum Gasteiger partial charge on any atom is -0.378 e. The molecule has 152 valence electrons. The Kier molecular flexibility index (Phi) is 4.60. The molecule has 30 heavy (non-hydrogen) atoms. The summed E-state index contributed by atoms with van der Waals surface area (Å²) in [7, 11) is 0. The molecular weight excluding hydrogens is 384 g/mol. The second-order valence-electron chi connectivity index (χ2n) is 7.08. The van der Waals surface area contributed by atoms with Crippen molar-refractivity contribution in [2.45, 2.75) is 6.92 Å². The highest BCUT2D eigenvalue weighted by molar-refractivity contribution is 6.00. The number of fused-ring (bicyclic) bond motifs is 2. The van der Waals surface area contributed by atoms with E-state index in [0.717, 1.165) is 16.5 Å². The maximum absolute atomic E-state index is 12.6. The van der Waals surface area contributed by atoms with Gasteiger partial charge in [-0.3, -0.25) is 0 Å². The molecule has 0 saturated carbocycles. The van der Waals surface area contributed by atoms with Crippen LogP contribution >= 0.6 is 0 Å². The van der Waals surface area contributed by atoms with Crippen molar-refractivity contribution in [1.82, 2.24) is 30.3 Å². The zero-order valence-corrected chi connectivity index (χ0v) is 16.3. The highest BCUT2D eigenvalue weighted by atomic mass is 16.5. The van der Waals surface area contributed by atoms with E-state index in [1.807, 2.05) is 31.2 Å². The van der Waals surface area contributed by atoms with Gasteiger partial charge < -0.3 is 20.3 Å². The van der Waals surface area contributed by atoms with Crippen LogP contribution in [0.25, 0.3) is 21.9 Å². The zero-order valence-electron chi connectivity index (χ0n) is 16.3. The van der Waals surface area contributed by atoms with Crippen molar-refractivity contribution in [1.29, 1.82) is 0 Å². The summed E-state index contributed by atoms with van der Waals surface area (Å²) in [6, 6.07) is 9.41. The summed E-state index contributed by atoms with van der Waals surface area (Å²) >= 11 is 0. The highest BCUT2D eigenvalue weighted by Gasteiger charge is 2.19. The number of hydrogen-bond acceptors (Lipinski definition) is 7. The first-order valence-electron chi connectivity index (χ1n) is 9.65. The Labute approximate surface area is 171 Å². The van der Waals surface area contributed by atoms with Crippen LogP contribution in [0, 0.1) is 6.92 Å². The lowest BCUT2D eigenvalue weighted by atomic mass is 10.1. The number of ether oxygens (including phenoxy) is 1. The fraction of sp³-hybridized carbons (Fsp3) is 0.250. The molecule has 2 aromatic carbocycles. The first-order chi connectivity index (χ1) is 14.7. The third kappa shape index (κ3) is 3.48. The van der Waals surface area contributed by atoms with Crippen molar-refractivity contribution in [3.05, 3.63) is 42.1 Å². The normalized spacial score (nSPS) is 14.2. The Hall–Kier alpha value is -3.79. The molecule has 1 fully saturated rings. The topological polar surface area (TPSA) is 121 Å².